The molecule has 1 aliphatic rings. The van der Waals surface area contributed by atoms with Crippen molar-refractivity contribution in [1.29, 1.82) is 0 Å². The lowest BCUT2D eigenvalue weighted by molar-refractivity contribution is -0.122. The number of carbonyl (C=O) groups excluding carboxylic acids is 1. The predicted molar refractivity (Wildman–Crippen MR) is 56.3 cm³/mol. The number of aromatic nitrogens is 2. The Balaban J connectivity index is 1.67. The Bertz CT molecular complexity index is 303. The predicted octanol–water partition coefficient (Wildman–Crippen LogP) is -0.249. The van der Waals surface area contributed by atoms with E-state index in [2.05, 4.69) is 15.6 Å². The molecule has 15 heavy (non-hydrogen) atoms. The SMILES string of the molecule is O=C(NCCn1ccnc1)C1CCCN1. The van der Waals surface area contributed by atoms with E-state index in [-0.39, 0.29) is 11.9 Å². The summed E-state index contributed by atoms with van der Waals surface area (Å²) in [6.07, 6.45) is 7.43. The molecule has 82 valence electrons. The van der Waals surface area contributed by atoms with Gasteiger partial charge in [-0.25, -0.2) is 4.98 Å². The van der Waals surface area contributed by atoms with Crippen molar-refractivity contribution in [3.8, 4) is 0 Å². The van der Waals surface area contributed by atoms with E-state index in [1.165, 1.54) is 0 Å². The van der Waals surface area contributed by atoms with E-state index in [4.69, 9.17) is 0 Å². The molecule has 5 nitrogen and oxygen atoms in total. The maximum atomic E-state index is 11.6. The van der Waals surface area contributed by atoms with Crippen LogP contribution < -0.4 is 10.6 Å². The highest BCUT2D eigenvalue weighted by atomic mass is 16.2. The van der Waals surface area contributed by atoms with Crippen molar-refractivity contribution in [2.75, 3.05) is 13.1 Å². The van der Waals surface area contributed by atoms with Crippen LogP contribution in [0.5, 0.6) is 0 Å². The first-order valence-electron chi connectivity index (χ1n) is 5.33. The van der Waals surface area contributed by atoms with Crippen LogP contribution in [0, 0.1) is 0 Å². The first-order valence-corrected chi connectivity index (χ1v) is 5.33. The van der Waals surface area contributed by atoms with Gasteiger partial charge in [0.25, 0.3) is 0 Å². The third-order valence-electron chi connectivity index (χ3n) is 2.61. The summed E-state index contributed by atoms with van der Waals surface area (Å²) in [5.74, 6) is 0.118. The molecule has 0 radical (unpaired) electrons. The van der Waals surface area contributed by atoms with Gasteiger partial charge >= 0.3 is 0 Å². The number of nitrogens with one attached hydrogen (secondary N) is 2. The van der Waals surface area contributed by atoms with E-state index in [1.807, 2.05) is 10.8 Å². The van der Waals surface area contributed by atoms with Gasteiger partial charge < -0.3 is 15.2 Å². The summed E-state index contributed by atoms with van der Waals surface area (Å²) < 4.78 is 1.95. The lowest BCUT2D eigenvalue weighted by Gasteiger charge is -2.10. The molecule has 1 aromatic heterocycles. The minimum absolute atomic E-state index is 0.0211. The average molecular weight is 208 g/mol. The highest BCUT2D eigenvalue weighted by Gasteiger charge is 2.20. The molecule has 2 N–H and O–H groups in total. The summed E-state index contributed by atoms with van der Waals surface area (Å²) in [6, 6.07) is 0.0211. The van der Waals surface area contributed by atoms with Crippen LogP contribution in [0.1, 0.15) is 12.8 Å². The van der Waals surface area contributed by atoms with Crippen molar-refractivity contribution < 1.29 is 4.79 Å². The maximum absolute atomic E-state index is 11.6. The van der Waals surface area contributed by atoms with Gasteiger partial charge in [-0.15, -0.1) is 0 Å². The maximum Gasteiger partial charge on any atom is 0.237 e. The van der Waals surface area contributed by atoms with Crippen LogP contribution in [0.4, 0.5) is 0 Å². The molecule has 1 aromatic rings. The fraction of sp³-hybridized carbons (Fsp3) is 0.600. The molecule has 0 saturated carbocycles. The monoisotopic (exact) mass is 208 g/mol. The van der Waals surface area contributed by atoms with Gasteiger partial charge in [-0.3, -0.25) is 4.79 Å². The van der Waals surface area contributed by atoms with Gasteiger partial charge in [-0.2, -0.15) is 0 Å². The largest absolute Gasteiger partial charge is 0.353 e. The first-order chi connectivity index (χ1) is 7.36. The third-order valence-corrected chi connectivity index (χ3v) is 2.61. The molecule has 0 aliphatic carbocycles. The first kappa shape index (κ1) is 10.2. The van der Waals surface area contributed by atoms with E-state index in [0.717, 1.165) is 25.9 Å². The summed E-state index contributed by atoms with van der Waals surface area (Å²) in [4.78, 5) is 15.5. The fourth-order valence-corrected chi connectivity index (χ4v) is 1.76. The number of nitrogens with zero attached hydrogens (tertiary/aromatic N) is 2. The minimum atomic E-state index is 0.0211. The number of carbonyl (C=O) groups is 1. The Morgan fingerprint density at radius 3 is 3.27 bits per heavy atom. The molecule has 0 bridgehead atoms. The van der Waals surface area contributed by atoms with Crippen LogP contribution in [-0.2, 0) is 11.3 Å². The van der Waals surface area contributed by atoms with Gasteiger partial charge in [0, 0.05) is 25.5 Å². The van der Waals surface area contributed by atoms with Gasteiger partial charge in [0.15, 0.2) is 0 Å². The van der Waals surface area contributed by atoms with E-state index >= 15 is 0 Å². The van der Waals surface area contributed by atoms with Crippen molar-refractivity contribution in [1.82, 2.24) is 20.2 Å². The Morgan fingerprint density at radius 1 is 1.67 bits per heavy atom. The number of hydrogen-bond acceptors (Lipinski definition) is 3. The van der Waals surface area contributed by atoms with Crippen LogP contribution in [0.2, 0.25) is 0 Å². The Hall–Kier alpha value is -1.36. The second kappa shape index (κ2) is 4.93. The highest BCUT2D eigenvalue weighted by Crippen LogP contribution is 2.04. The van der Waals surface area contributed by atoms with Gasteiger partial charge in [0.1, 0.15) is 0 Å². The molecule has 1 aliphatic heterocycles. The molecule has 1 unspecified atom stereocenters. The summed E-state index contributed by atoms with van der Waals surface area (Å²) in [5, 5.41) is 6.08. The molecule has 5 heteroatoms. The van der Waals surface area contributed by atoms with Gasteiger partial charge in [0.2, 0.25) is 5.91 Å². The van der Waals surface area contributed by atoms with Crippen molar-refractivity contribution in [2.24, 2.45) is 0 Å². The summed E-state index contributed by atoms with van der Waals surface area (Å²) in [6.45, 7) is 2.39. The Kier molecular flexibility index (Phi) is 3.34. The van der Waals surface area contributed by atoms with Crippen LogP contribution in [-0.4, -0.2) is 34.6 Å². The second-order valence-electron chi connectivity index (χ2n) is 3.74. The van der Waals surface area contributed by atoms with Crippen molar-refractivity contribution in [3.63, 3.8) is 0 Å². The van der Waals surface area contributed by atoms with Gasteiger partial charge in [0.05, 0.1) is 12.4 Å². The van der Waals surface area contributed by atoms with Crippen molar-refractivity contribution in [2.45, 2.75) is 25.4 Å². The normalized spacial score (nSPS) is 20.4. The van der Waals surface area contributed by atoms with Crippen molar-refractivity contribution >= 4 is 5.91 Å². The topological polar surface area (TPSA) is 59.0 Å². The standard InChI is InChI=1S/C10H16N4O/c15-10(9-2-1-3-12-9)13-5-7-14-6-4-11-8-14/h4,6,8-9,12H,1-3,5,7H2,(H,13,15). The quantitative estimate of drug-likeness (QED) is 0.717. The molecule has 1 fully saturated rings. The van der Waals surface area contributed by atoms with Crippen molar-refractivity contribution in [3.05, 3.63) is 18.7 Å². The molecule has 1 saturated heterocycles. The molecular formula is C10H16N4O. The zero-order valence-electron chi connectivity index (χ0n) is 8.65. The molecule has 2 heterocycles. The number of rotatable bonds is 4. The molecule has 2 rings (SSSR count). The lowest BCUT2D eigenvalue weighted by Crippen LogP contribution is -2.41. The van der Waals surface area contributed by atoms with E-state index in [0.29, 0.717) is 6.54 Å². The van der Waals surface area contributed by atoms with Gasteiger partial charge in [-0.05, 0) is 19.4 Å². The third kappa shape index (κ3) is 2.79. The minimum Gasteiger partial charge on any atom is -0.353 e. The van der Waals surface area contributed by atoms with Crippen LogP contribution in [0.3, 0.4) is 0 Å². The average Bonchev–Trinajstić information content (AvgIpc) is 2.90. The molecule has 1 amide bonds. The zero-order chi connectivity index (χ0) is 10.5. The molecule has 0 spiro atoms. The lowest BCUT2D eigenvalue weighted by atomic mass is 10.2. The number of imidazole rings is 1. The molecular weight excluding hydrogens is 192 g/mol. The van der Waals surface area contributed by atoms with E-state index in [9.17, 15) is 4.79 Å². The van der Waals surface area contributed by atoms with Gasteiger partial charge in [-0.1, -0.05) is 0 Å². The summed E-state index contributed by atoms with van der Waals surface area (Å²) >= 11 is 0. The Morgan fingerprint density at radius 2 is 2.60 bits per heavy atom. The number of hydrogen-bond donors (Lipinski definition) is 2. The van der Waals surface area contributed by atoms with Crippen LogP contribution in [0.25, 0.3) is 0 Å². The highest BCUT2D eigenvalue weighted by molar-refractivity contribution is 5.81. The number of amides is 1. The van der Waals surface area contributed by atoms with E-state index < -0.39 is 0 Å². The zero-order valence-corrected chi connectivity index (χ0v) is 8.65. The fourth-order valence-electron chi connectivity index (χ4n) is 1.76. The smallest absolute Gasteiger partial charge is 0.237 e. The van der Waals surface area contributed by atoms with Crippen LogP contribution >= 0.6 is 0 Å². The Labute approximate surface area is 88.9 Å². The summed E-state index contributed by atoms with van der Waals surface area (Å²) in [5.41, 5.74) is 0. The molecule has 1 atom stereocenters. The summed E-state index contributed by atoms with van der Waals surface area (Å²) in [7, 11) is 0. The van der Waals surface area contributed by atoms with E-state index in [1.54, 1.807) is 12.5 Å². The van der Waals surface area contributed by atoms with Crippen LogP contribution in [0.15, 0.2) is 18.7 Å². The second-order valence-corrected chi connectivity index (χ2v) is 3.74. The molecule has 0 aromatic carbocycles.